The number of piperidine rings is 1. The molecular weight excluding hydrogens is 390 g/mol. The van der Waals surface area contributed by atoms with Crippen LogP contribution in [0.5, 0.6) is 0 Å². The largest absolute Gasteiger partial charge is 0.353 e. The quantitative estimate of drug-likeness (QED) is 0.748. The molecule has 0 radical (unpaired) electrons. The maximum atomic E-state index is 12.8. The summed E-state index contributed by atoms with van der Waals surface area (Å²) in [6.07, 6.45) is 5.02. The molecule has 2 saturated heterocycles. The van der Waals surface area contributed by atoms with Crippen molar-refractivity contribution >= 4 is 23.3 Å². The predicted octanol–water partition coefficient (Wildman–Crippen LogP) is 2.30. The number of benzene rings is 1. The van der Waals surface area contributed by atoms with Crippen LogP contribution >= 0.6 is 0 Å². The first kappa shape index (κ1) is 21.3. The molecule has 164 valence electrons. The van der Waals surface area contributed by atoms with Crippen LogP contribution in [0.3, 0.4) is 0 Å². The first-order chi connectivity index (χ1) is 15.1. The first-order valence-corrected chi connectivity index (χ1v) is 11.1. The van der Waals surface area contributed by atoms with Crippen LogP contribution in [0.1, 0.15) is 25.3 Å². The molecule has 31 heavy (non-hydrogen) atoms. The van der Waals surface area contributed by atoms with E-state index in [4.69, 9.17) is 0 Å². The van der Waals surface area contributed by atoms with Gasteiger partial charge in [0, 0.05) is 13.1 Å². The molecule has 1 aromatic heterocycles. The molecule has 7 heteroatoms. The molecule has 0 aliphatic carbocycles. The number of carbonyl (C=O) groups excluding carboxylic acids is 2. The lowest BCUT2D eigenvalue weighted by Gasteiger charge is -2.35. The highest BCUT2D eigenvalue weighted by atomic mass is 16.2. The number of anilines is 2. The molecule has 0 saturated carbocycles. The number of rotatable bonds is 6. The zero-order valence-electron chi connectivity index (χ0n) is 18.1. The lowest BCUT2D eigenvalue weighted by Crippen LogP contribution is -2.48. The van der Waals surface area contributed by atoms with Gasteiger partial charge in [0.2, 0.25) is 11.8 Å². The number of hydrogen-bond donors (Lipinski definition) is 2. The lowest BCUT2D eigenvalue weighted by molar-refractivity contribution is -0.121. The molecule has 1 unspecified atom stereocenters. The molecule has 3 heterocycles. The second-order valence-electron chi connectivity index (χ2n) is 8.51. The van der Waals surface area contributed by atoms with Crippen molar-refractivity contribution in [2.75, 3.05) is 42.9 Å². The molecule has 1 aromatic carbocycles. The number of carbonyl (C=O) groups is 2. The zero-order valence-corrected chi connectivity index (χ0v) is 18.1. The number of hydrogen-bond acceptors (Lipinski definition) is 5. The summed E-state index contributed by atoms with van der Waals surface area (Å²) >= 11 is 0. The SMILES string of the molecule is CC(C(=O)Nc1ccc(N2CCNC(=O)C2)nc1)N1CCC(Cc2ccccc2)CC1. The van der Waals surface area contributed by atoms with Gasteiger partial charge in [-0.25, -0.2) is 4.98 Å². The van der Waals surface area contributed by atoms with Gasteiger partial charge < -0.3 is 15.5 Å². The lowest BCUT2D eigenvalue weighted by atomic mass is 9.89. The number of nitrogens with one attached hydrogen (secondary N) is 2. The van der Waals surface area contributed by atoms with Crippen LogP contribution in [-0.2, 0) is 16.0 Å². The van der Waals surface area contributed by atoms with E-state index in [0.717, 1.165) is 44.7 Å². The maximum absolute atomic E-state index is 12.8. The standard InChI is InChI=1S/C24H31N5O2/c1-18(28-12-9-20(10-13-28)15-19-5-3-2-4-6-19)24(31)27-21-7-8-22(26-16-21)29-14-11-25-23(30)17-29/h2-8,16,18,20H,9-15,17H2,1H3,(H,25,30)(H,27,31). The summed E-state index contributed by atoms with van der Waals surface area (Å²) in [6, 6.07) is 14.2. The third kappa shape index (κ3) is 5.61. The van der Waals surface area contributed by atoms with Crippen LogP contribution in [0.4, 0.5) is 11.5 Å². The van der Waals surface area contributed by atoms with Gasteiger partial charge in [0.05, 0.1) is 24.5 Å². The molecule has 7 nitrogen and oxygen atoms in total. The smallest absolute Gasteiger partial charge is 0.241 e. The number of piperazine rings is 1. The molecule has 1 atom stereocenters. The topological polar surface area (TPSA) is 77.6 Å². The zero-order chi connectivity index (χ0) is 21.6. The molecule has 4 rings (SSSR count). The van der Waals surface area contributed by atoms with E-state index >= 15 is 0 Å². The van der Waals surface area contributed by atoms with Gasteiger partial charge in [-0.2, -0.15) is 0 Å². The van der Waals surface area contributed by atoms with Gasteiger partial charge in [0.1, 0.15) is 5.82 Å². The summed E-state index contributed by atoms with van der Waals surface area (Å²) < 4.78 is 0. The monoisotopic (exact) mass is 421 g/mol. The Morgan fingerprint density at radius 3 is 2.61 bits per heavy atom. The van der Waals surface area contributed by atoms with Gasteiger partial charge in [-0.05, 0) is 62.9 Å². The molecule has 2 aromatic rings. The minimum atomic E-state index is -0.178. The Balaban J connectivity index is 1.25. The van der Waals surface area contributed by atoms with E-state index in [9.17, 15) is 9.59 Å². The summed E-state index contributed by atoms with van der Waals surface area (Å²) in [5.74, 6) is 1.43. The highest BCUT2D eigenvalue weighted by Crippen LogP contribution is 2.23. The Morgan fingerprint density at radius 1 is 1.16 bits per heavy atom. The van der Waals surface area contributed by atoms with E-state index in [2.05, 4.69) is 50.8 Å². The summed E-state index contributed by atoms with van der Waals surface area (Å²) in [5.41, 5.74) is 2.08. The Morgan fingerprint density at radius 2 is 1.94 bits per heavy atom. The maximum Gasteiger partial charge on any atom is 0.241 e. The number of amides is 2. The van der Waals surface area contributed by atoms with E-state index in [1.54, 1.807) is 6.20 Å². The molecule has 2 aliphatic heterocycles. The van der Waals surface area contributed by atoms with Crippen LogP contribution in [-0.4, -0.2) is 60.5 Å². The molecule has 2 aliphatic rings. The average molecular weight is 422 g/mol. The first-order valence-electron chi connectivity index (χ1n) is 11.1. The van der Waals surface area contributed by atoms with Crippen molar-refractivity contribution in [3.8, 4) is 0 Å². The van der Waals surface area contributed by atoms with Gasteiger partial charge in [0.25, 0.3) is 0 Å². The van der Waals surface area contributed by atoms with Crippen molar-refractivity contribution in [2.45, 2.75) is 32.2 Å². The second kappa shape index (κ2) is 9.92. The van der Waals surface area contributed by atoms with Crippen LogP contribution in [0.25, 0.3) is 0 Å². The molecule has 0 bridgehead atoms. The summed E-state index contributed by atoms with van der Waals surface area (Å²) in [5, 5.41) is 5.80. The fourth-order valence-corrected chi connectivity index (χ4v) is 4.39. The van der Waals surface area contributed by atoms with Crippen molar-refractivity contribution in [2.24, 2.45) is 5.92 Å². The van der Waals surface area contributed by atoms with Crippen LogP contribution in [0.15, 0.2) is 48.7 Å². The third-order valence-electron chi connectivity index (χ3n) is 6.32. The normalized spacial score (nSPS) is 19.0. The molecular formula is C24H31N5O2. The molecule has 0 spiro atoms. The van der Waals surface area contributed by atoms with Crippen molar-refractivity contribution in [3.63, 3.8) is 0 Å². The van der Waals surface area contributed by atoms with E-state index in [1.807, 2.05) is 24.0 Å². The minimum absolute atomic E-state index is 0.00610. The van der Waals surface area contributed by atoms with Gasteiger partial charge in [-0.1, -0.05) is 30.3 Å². The van der Waals surface area contributed by atoms with Crippen molar-refractivity contribution in [1.29, 1.82) is 0 Å². The fourth-order valence-electron chi connectivity index (χ4n) is 4.39. The summed E-state index contributed by atoms with van der Waals surface area (Å²) in [4.78, 5) is 33.0. The van der Waals surface area contributed by atoms with Crippen molar-refractivity contribution in [3.05, 3.63) is 54.2 Å². The Bertz CT molecular complexity index is 879. The molecule has 2 amide bonds. The average Bonchev–Trinajstić information content (AvgIpc) is 2.80. The summed E-state index contributed by atoms with van der Waals surface area (Å²) in [7, 11) is 0. The predicted molar refractivity (Wildman–Crippen MR) is 122 cm³/mol. The number of pyridine rings is 1. The molecule has 2 N–H and O–H groups in total. The number of likely N-dealkylation sites (tertiary alicyclic amines) is 1. The highest BCUT2D eigenvalue weighted by Gasteiger charge is 2.27. The van der Waals surface area contributed by atoms with Gasteiger partial charge in [-0.15, -0.1) is 0 Å². The highest BCUT2D eigenvalue weighted by molar-refractivity contribution is 5.94. The van der Waals surface area contributed by atoms with Crippen molar-refractivity contribution < 1.29 is 9.59 Å². The molecule has 2 fully saturated rings. The van der Waals surface area contributed by atoms with E-state index in [-0.39, 0.29) is 17.9 Å². The Kier molecular flexibility index (Phi) is 6.82. The minimum Gasteiger partial charge on any atom is -0.353 e. The van der Waals surface area contributed by atoms with Gasteiger partial charge >= 0.3 is 0 Å². The van der Waals surface area contributed by atoms with E-state index < -0.39 is 0 Å². The Hall–Kier alpha value is -2.93. The second-order valence-corrected chi connectivity index (χ2v) is 8.51. The third-order valence-corrected chi connectivity index (χ3v) is 6.32. The number of nitrogens with zero attached hydrogens (tertiary/aromatic N) is 3. The van der Waals surface area contributed by atoms with Crippen LogP contribution in [0.2, 0.25) is 0 Å². The van der Waals surface area contributed by atoms with Gasteiger partial charge in [-0.3, -0.25) is 14.5 Å². The summed E-state index contributed by atoms with van der Waals surface area (Å²) in [6.45, 7) is 5.54. The van der Waals surface area contributed by atoms with Crippen LogP contribution < -0.4 is 15.5 Å². The van der Waals surface area contributed by atoms with Gasteiger partial charge in [0.15, 0.2) is 0 Å². The van der Waals surface area contributed by atoms with E-state index in [0.29, 0.717) is 24.7 Å². The van der Waals surface area contributed by atoms with Crippen LogP contribution in [0, 0.1) is 5.92 Å². The number of aromatic nitrogens is 1. The van der Waals surface area contributed by atoms with E-state index in [1.165, 1.54) is 5.56 Å². The fraction of sp³-hybridized carbons (Fsp3) is 0.458. The van der Waals surface area contributed by atoms with Crippen molar-refractivity contribution in [1.82, 2.24) is 15.2 Å². The Labute approximate surface area is 183 Å².